The van der Waals surface area contributed by atoms with E-state index < -0.39 is 0 Å². The quantitative estimate of drug-likeness (QED) is 0.746. The van der Waals surface area contributed by atoms with Gasteiger partial charge in [-0.15, -0.1) is 0 Å². The highest BCUT2D eigenvalue weighted by Crippen LogP contribution is 2.46. The van der Waals surface area contributed by atoms with E-state index >= 15 is 0 Å². The highest BCUT2D eigenvalue weighted by molar-refractivity contribution is 9.10. The van der Waals surface area contributed by atoms with Crippen LogP contribution in [0.1, 0.15) is 37.7 Å². The molecular weight excluding hydrogens is 274 g/mol. The maximum atomic E-state index is 4.03. The SMILES string of the molecule is Br[C@@]12CCCC[C@@H]1N(Cc1ccccc1)CC2. The minimum Gasteiger partial charge on any atom is -0.295 e. The third-order valence-electron chi connectivity index (χ3n) is 4.40. The zero-order chi connectivity index (χ0) is 11.7. The molecule has 0 N–H and O–H groups in total. The van der Waals surface area contributed by atoms with E-state index in [4.69, 9.17) is 0 Å². The van der Waals surface area contributed by atoms with Gasteiger partial charge in [-0.05, 0) is 24.8 Å². The summed E-state index contributed by atoms with van der Waals surface area (Å²) in [5, 5.41) is 0. The first-order valence-corrected chi connectivity index (χ1v) is 7.54. The molecule has 1 aliphatic heterocycles. The van der Waals surface area contributed by atoms with E-state index in [1.807, 2.05) is 0 Å². The van der Waals surface area contributed by atoms with Gasteiger partial charge in [0.1, 0.15) is 0 Å². The molecule has 3 rings (SSSR count). The topological polar surface area (TPSA) is 3.24 Å². The van der Waals surface area contributed by atoms with Crippen molar-refractivity contribution in [2.45, 2.75) is 49.0 Å². The van der Waals surface area contributed by atoms with Gasteiger partial charge in [0.15, 0.2) is 0 Å². The second-order valence-electron chi connectivity index (χ2n) is 5.50. The zero-order valence-corrected chi connectivity index (χ0v) is 11.8. The normalized spacial score (nSPS) is 33.6. The third-order valence-corrected chi connectivity index (χ3v) is 5.72. The summed E-state index contributed by atoms with van der Waals surface area (Å²) >= 11 is 4.03. The Kier molecular flexibility index (Phi) is 3.27. The highest BCUT2D eigenvalue weighted by atomic mass is 79.9. The van der Waals surface area contributed by atoms with Crippen LogP contribution in [0.2, 0.25) is 0 Å². The van der Waals surface area contributed by atoms with Crippen molar-refractivity contribution in [2.24, 2.45) is 0 Å². The van der Waals surface area contributed by atoms with Crippen molar-refractivity contribution >= 4 is 15.9 Å². The summed E-state index contributed by atoms with van der Waals surface area (Å²) in [6.45, 7) is 2.38. The van der Waals surface area contributed by atoms with Crippen LogP contribution in [0.25, 0.3) is 0 Å². The molecule has 92 valence electrons. The van der Waals surface area contributed by atoms with Crippen LogP contribution < -0.4 is 0 Å². The monoisotopic (exact) mass is 293 g/mol. The average molecular weight is 294 g/mol. The Morgan fingerprint density at radius 2 is 2.00 bits per heavy atom. The first kappa shape index (κ1) is 11.7. The van der Waals surface area contributed by atoms with E-state index in [0.29, 0.717) is 4.32 Å². The molecule has 0 aromatic heterocycles. The standard InChI is InChI=1S/C15H20BrN/c16-15-9-5-4-8-14(15)17(11-10-15)12-13-6-2-1-3-7-13/h1-3,6-7,14H,4-5,8-12H2/t14-,15+/m0/s1. The van der Waals surface area contributed by atoms with Gasteiger partial charge in [0.25, 0.3) is 0 Å². The fraction of sp³-hybridized carbons (Fsp3) is 0.600. The van der Waals surface area contributed by atoms with Crippen molar-refractivity contribution in [3.63, 3.8) is 0 Å². The van der Waals surface area contributed by atoms with E-state index in [2.05, 4.69) is 51.2 Å². The molecule has 0 amide bonds. The molecule has 2 fully saturated rings. The number of nitrogens with zero attached hydrogens (tertiary/aromatic N) is 1. The molecule has 1 saturated heterocycles. The Balaban J connectivity index is 1.73. The Labute approximate surface area is 112 Å². The van der Waals surface area contributed by atoms with Crippen molar-refractivity contribution in [3.8, 4) is 0 Å². The van der Waals surface area contributed by atoms with Gasteiger partial charge in [0.05, 0.1) is 0 Å². The van der Waals surface area contributed by atoms with Gasteiger partial charge in [-0.25, -0.2) is 0 Å². The molecule has 0 radical (unpaired) electrons. The molecule has 17 heavy (non-hydrogen) atoms. The molecule has 1 heterocycles. The smallest absolute Gasteiger partial charge is 0.0425 e. The molecule has 2 atom stereocenters. The first-order valence-electron chi connectivity index (χ1n) is 6.75. The summed E-state index contributed by atoms with van der Waals surface area (Å²) in [6.07, 6.45) is 6.87. The fourth-order valence-corrected chi connectivity index (χ4v) is 4.45. The lowest BCUT2D eigenvalue weighted by molar-refractivity contribution is 0.192. The van der Waals surface area contributed by atoms with Gasteiger partial charge in [-0.3, -0.25) is 4.90 Å². The van der Waals surface area contributed by atoms with Crippen LogP contribution in [-0.4, -0.2) is 21.8 Å². The van der Waals surface area contributed by atoms with E-state index in [-0.39, 0.29) is 0 Å². The molecule has 1 aromatic carbocycles. The summed E-state index contributed by atoms with van der Waals surface area (Å²) in [5.74, 6) is 0. The summed E-state index contributed by atoms with van der Waals surface area (Å²) in [7, 11) is 0. The van der Waals surface area contributed by atoms with Gasteiger partial charge in [-0.1, -0.05) is 59.1 Å². The van der Waals surface area contributed by atoms with Crippen molar-refractivity contribution in [1.82, 2.24) is 4.90 Å². The Hall–Kier alpha value is -0.340. The van der Waals surface area contributed by atoms with Crippen molar-refractivity contribution < 1.29 is 0 Å². The summed E-state index contributed by atoms with van der Waals surface area (Å²) < 4.78 is 0.431. The third kappa shape index (κ3) is 2.30. The average Bonchev–Trinajstić information content (AvgIpc) is 2.68. The molecule has 1 aromatic rings. The molecule has 0 bridgehead atoms. The molecule has 0 spiro atoms. The second kappa shape index (κ2) is 4.74. The first-order chi connectivity index (χ1) is 8.28. The fourth-order valence-electron chi connectivity index (χ4n) is 3.48. The van der Waals surface area contributed by atoms with Crippen LogP contribution in [0.5, 0.6) is 0 Å². The molecule has 1 aliphatic carbocycles. The van der Waals surface area contributed by atoms with Crippen LogP contribution in [0, 0.1) is 0 Å². The van der Waals surface area contributed by atoms with E-state index in [1.54, 1.807) is 0 Å². The maximum Gasteiger partial charge on any atom is 0.0425 e. The number of benzene rings is 1. The van der Waals surface area contributed by atoms with Gasteiger partial charge >= 0.3 is 0 Å². The molecule has 2 heteroatoms. The van der Waals surface area contributed by atoms with Crippen LogP contribution in [0.3, 0.4) is 0 Å². The largest absolute Gasteiger partial charge is 0.295 e. The molecule has 0 unspecified atom stereocenters. The number of likely N-dealkylation sites (tertiary alicyclic amines) is 1. The number of rotatable bonds is 2. The number of alkyl halides is 1. The van der Waals surface area contributed by atoms with Crippen LogP contribution >= 0.6 is 15.9 Å². The lowest BCUT2D eigenvalue weighted by Crippen LogP contribution is -2.42. The van der Waals surface area contributed by atoms with E-state index in [9.17, 15) is 0 Å². The van der Waals surface area contributed by atoms with E-state index in [0.717, 1.165) is 12.6 Å². The number of halogens is 1. The van der Waals surface area contributed by atoms with Crippen LogP contribution in [-0.2, 0) is 6.54 Å². The lowest BCUT2D eigenvalue weighted by atomic mass is 9.85. The summed E-state index contributed by atoms with van der Waals surface area (Å²) in [6, 6.07) is 11.6. The predicted molar refractivity (Wildman–Crippen MR) is 75.4 cm³/mol. The lowest BCUT2D eigenvalue weighted by Gasteiger charge is -2.37. The molecular formula is C15H20BrN. The summed E-state index contributed by atoms with van der Waals surface area (Å²) in [4.78, 5) is 2.68. The second-order valence-corrected chi connectivity index (χ2v) is 7.08. The Morgan fingerprint density at radius 3 is 2.82 bits per heavy atom. The van der Waals surface area contributed by atoms with Gasteiger partial charge in [0, 0.05) is 23.5 Å². The maximum absolute atomic E-state index is 4.03. The van der Waals surface area contributed by atoms with E-state index in [1.165, 1.54) is 44.2 Å². The van der Waals surface area contributed by atoms with Crippen LogP contribution in [0.4, 0.5) is 0 Å². The van der Waals surface area contributed by atoms with Gasteiger partial charge < -0.3 is 0 Å². The minimum atomic E-state index is 0.431. The summed E-state index contributed by atoms with van der Waals surface area (Å²) in [5.41, 5.74) is 1.45. The number of fused-ring (bicyclic) bond motifs is 1. The van der Waals surface area contributed by atoms with Gasteiger partial charge in [0.2, 0.25) is 0 Å². The van der Waals surface area contributed by atoms with Gasteiger partial charge in [-0.2, -0.15) is 0 Å². The Bertz CT molecular complexity index is 378. The predicted octanol–water partition coefficient (Wildman–Crippen LogP) is 3.97. The minimum absolute atomic E-state index is 0.431. The molecule has 1 saturated carbocycles. The van der Waals surface area contributed by atoms with Crippen molar-refractivity contribution in [3.05, 3.63) is 35.9 Å². The van der Waals surface area contributed by atoms with Crippen molar-refractivity contribution in [2.75, 3.05) is 6.54 Å². The van der Waals surface area contributed by atoms with Crippen molar-refractivity contribution in [1.29, 1.82) is 0 Å². The number of hydrogen-bond donors (Lipinski definition) is 0. The van der Waals surface area contributed by atoms with Crippen LogP contribution in [0.15, 0.2) is 30.3 Å². The zero-order valence-electron chi connectivity index (χ0n) is 10.2. The molecule has 2 aliphatic rings. The number of hydrogen-bond acceptors (Lipinski definition) is 1. The Morgan fingerprint density at radius 1 is 1.18 bits per heavy atom. The highest BCUT2D eigenvalue weighted by Gasteiger charge is 2.46. The molecule has 1 nitrogen and oxygen atoms in total.